The molecule has 1 aliphatic rings. The Balaban J connectivity index is 1.79. The van der Waals surface area contributed by atoms with Crippen LogP contribution in [0.1, 0.15) is 49.0 Å². The van der Waals surface area contributed by atoms with Crippen molar-refractivity contribution < 1.29 is 28.5 Å². The van der Waals surface area contributed by atoms with E-state index in [2.05, 4.69) is 22.0 Å². The highest BCUT2D eigenvalue weighted by atomic mass is 79.9. The summed E-state index contributed by atoms with van der Waals surface area (Å²) in [6, 6.07) is 2.11. The normalized spacial score (nSPS) is 24.7. The number of carbonyl (C=O) groups excluding carboxylic acids is 1. The Bertz CT molecular complexity index is 923. The Labute approximate surface area is 208 Å². The molecule has 4 N–H and O–H groups in total. The van der Waals surface area contributed by atoms with Crippen LogP contribution in [0.15, 0.2) is 34.2 Å². The van der Waals surface area contributed by atoms with Crippen molar-refractivity contribution in [3.8, 4) is 0 Å². The van der Waals surface area contributed by atoms with Gasteiger partial charge in [0.2, 0.25) is 15.9 Å². The van der Waals surface area contributed by atoms with Crippen molar-refractivity contribution in [2.75, 3.05) is 6.26 Å². The van der Waals surface area contributed by atoms with E-state index in [1.807, 2.05) is 29.9 Å². The lowest BCUT2D eigenvalue weighted by molar-refractivity contribution is -0.119. The minimum atomic E-state index is -3.52. The lowest BCUT2D eigenvalue weighted by atomic mass is 9.89. The van der Waals surface area contributed by atoms with Gasteiger partial charge in [-0.25, -0.2) is 8.42 Å². The molecule has 10 heteroatoms. The monoisotopic (exact) mass is 563 g/mol. The molecule has 0 bridgehead atoms. The van der Waals surface area contributed by atoms with Gasteiger partial charge in [0.05, 0.1) is 28.4 Å². The second kappa shape index (κ2) is 13.2. The molecule has 7 nitrogen and oxygen atoms in total. The van der Waals surface area contributed by atoms with Crippen LogP contribution in [0.4, 0.5) is 0 Å². The molecule has 0 spiro atoms. The fraction of sp³-hybridized carbons (Fsp3) is 0.609. The van der Waals surface area contributed by atoms with Gasteiger partial charge in [0.1, 0.15) is 0 Å². The van der Waals surface area contributed by atoms with E-state index in [-0.39, 0.29) is 18.3 Å². The van der Waals surface area contributed by atoms with Gasteiger partial charge in [-0.1, -0.05) is 24.3 Å². The number of aryl methyl sites for hydroxylation is 2. The fourth-order valence-electron chi connectivity index (χ4n) is 4.01. The number of hydrogen-bond acceptors (Lipinski definition) is 7. The summed E-state index contributed by atoms with van der Waals surface area (Å²) in [6.07, 6.45) is 9.91. The van der Waals surface area contributed by atoms with Crippen LogP contribution in [0.3, 0.4) is 0 Å². The Morgan fingerprint density at radius 2 is 2.06 bits per heavy atom. The highest BCUT2D eigenvalue weighted by Gasteiger charge is 2.39. The first kappa shape index (κ1) is 28.2. The number of nitrogens with one attached hydrogen (secondary N) is 1. The summed E-state index contributed by atoms with van der Waals surface area (Å²) in [6.45, 7) is 2.04. The number of aliphatic hydroxyl groups excluding tert-OH is 3. The van der Waals surface area contributed by atoms with Gasteiger partial charge in [-0.2, -0.15) is 0 Å². The first-order chi connectivity index (χ1) is 15.5. The highest BCUT2D eigenvalue weighted by molar-refractivity contribution is 9.11. The molecular formula is C23H34BrNO6S2. The van der Waals surface area contributed by atoms with E-state index in [0.717, 1.165) is 16.5 Å². The number of amides is 1. The van der Waals surface area contributed by atoms with E-state index in [1.54, 1.807) is 17.4 Å². The van der Waals surface area contributed by atoms with Crippen LogP contribution in [-0.2, 0) is 21.2 Å². The third kappa shape index (κ3) is 10.00. The quantitative estimate of drug-likeness (QED) is 0.228. The molecule has 2 rings (SSSR count). The van der Waals surface area contributed by atoms with Gasteiger partial charge in [0.25, 0.3) is 0 Å². The molecule has 33 heavy (non-hydrogen) atoms. The van der Waals surface area contributed by atoms with Crippen LogP contribution in [0, 0.1) is 18.8 Å². The molecule has 1 saturated carbocycles. The molecule has 5 atom stereocenters. The van der Waals surface area contributed by atoms with Gasteiger partial charge in [0.15, 0.2) is 0 Å². The topological polar surface area (TPSA) is 124 Å². The number of allylic oxidation sites excluding steroid dienone is 2. The van der Waals surface area contributed by atoms with Crippen LogP contribution in [0.25, 0.3) is 0 Å². The summed E-state index contributed by atoms with van der Waals surface area (Å²) < 4.78 is 25.1. The maximum atomic E-state index is 11.5. The number of thiophene rings is 1. The Kier molecular flexibility index (Phi) is 11.2. The highest BCUT2D eigenvalue weighted by Crippen LogP contribution is 2.36. The van der Waals surface area contributed by atoms with Crippen LogP contribution in [-0.4, -0.2) is 54.2 Å². The molecule has 0 aromatic carbocycles. The molecule has 1 amide bonds. The summed E-state index contributed by atoms with van der Waals surface area (Å²) >= 11 is 5.18. The minimum absolute atomic E-state index is 0.118. The molecule has 0 aliphatic heterocycles. The number of unbranched alkanes of at least 4 members (excludes halogenated alkanes) is 1. The molecular weight excluding hydrogens is 530 g/mol. The lowest BCUT2D eigenvalue weighted by Crippen LogP contribution is -2.28. The van der Waals surface area contributed by atoms with Crippen molar-refractivity contribution in [2.45, 2.75) is 70.2 Å². The standard InChI is InChI=1S/C23H34BrNO6S2/c1-15-13-17(32-23(15)24)11-9-16(26)10-12-19-18(20(27)14-21(19)28)7-5-3-4-6-8-22(29)25-33(2,30)31/h3,5,10,12-13,16,18-21,26-28H,4,6-9,11,14H2,1-2H3,(H,25,29)/b5-3-,12-10+/t16-,18+,19+,20-,21+/m0/s1. The van der Waals surface area contributed by atoms with Gasteiger partial charge >= 0.3 is 0 Å². The summed E-state index contributed by atoms with van der Waals surface area (Å²) in [5, 5.41) is 31.1. The van der Waals surface area contributed by atoms with Crippen LogP contribution in [0.5, 0.6) is 0 Å². The average molecular weight is 565 g/mol. The maximum Gasteiger partial charge on any atom is 0.233 e. The zero-order valence-electron chi connectivity index (χ0n) is 19.0. The fourth-order valence-corrected chi connectivity index (χ4v) is 6.16. The molecule has 1 aromatic rings. The summed E-state index contributed by atoms with van der Waals surface area (Å²) in [7, 11) is -3.52. The van der Waals surface area contributed by atoms with Crippen LogP contribution >= 0.6 is 27.3 Å². The first-order valence-electron chi connectivity index (χ1n) is 11.1. The van der Waals surface area contributed by atoms with E-state index in [9.17, 15) is 28.5 Å². The molecule has 1 heterocycles. The van der Waals surface area contributed by atoms with Crippen molar-refractivity contribution in [1.29, 1.82) is 0 Å². The second-order valence-electron chi connectivity index (χ2n) is 8.67. The third-order valence-electron chi connectivity index (χ3n) is 5.71. The van der Waals surface area contributed by atoms with E-state index >= 15 is 0 Å². The molecule has 0 saturated heterocycles. The van der Waals surface area contributed by atoms with Gasteiger partial charge < -0.3 is 15.3 Å². The number of carbonyl (C=O) groups is 1. The van der Waals surface area contributed by atoms with Crippen LogP contribution in [0.2, 0.25) is 0 Å². The van der Waals surface area contributed by atoms with Crippen LogP contribution < -0.4 is 4.72 Å². The number of halogens is 1. The van der Waals surface area contributed by atoms with Crippen molar-refractivity contribution >= 4 is 43.2 Å². The number of hydrogen-bond donors (Lipinski definition) is 4. The van der Waals surface area contributed by atoms with Crippen molar-refractivity contribution in [3.05, 3.63) is 44.6 Å². The number of sulfonamides is 1. The Morgan fingerprint density at radius 3 is 2.70 bits per heavy atom. The Morgan fingerprint density at radius 1 is 1.33 bits per heavy atom. The molecule has 0 unspecified atom stereocenters. The molecule has 1 aromatic heterocycles. The zero-order valence-corrected chi connectivity index (χ0v) is 22.2. The summed E-state index contributed by atoms with van der Waals surface area (Å²) in [4.78, 5) is 12.7. The average Bonchev–Trinajstić information content (AvgIpc) is 3.17. The maximum absolute atomic E-state index is 11.5. The SMILES string of the molecule is Cc1cc(CC[C@H](O)/C=C/[C@@H]2[C@@H](C/C=C\CCCC(=O)NS(C)(=O)=O)[C@@H](O)C[C@H]2O)sc1Br. The smallest absolute Gasteiger partial charge is 0.233 e. The largest absolute Gasteiger partial charge is 0.393 e. The third-order valence-corrected chi connectivity index (χ3v) is 8.51. The number of aliphatic hydroxyl groups is 3. The lowest BCUT2D eigenvalue weighted by Gasteiger charge is -2.19. The van der Waals surface area contributed by atoms with Gasteiger partial charge in [0, 0.05) is 23.6 Å². The predicted octanol–water partition coefficient (Wildman–Crippen LogP) is 3.22. The van der Waals surface area contributed by atoms with E-state index in [1.165, 1.54) is 10.4 Å². The van der Waals surface area contributed by atoms with Gasteiger partial charge in [-0.3, -0.25) is 9.52 Å². The summed E-state index contributed by atoms with van der Waals surface area (Å²) in [5.41, 5.74) is 1.19. The van der Waals surface area contributed by atoms with E-state index in [0.29, 0.717) is 32.1 Å². The second-order valence-corrected chi connectivity index (χ2v) is 12.9. The zero-order chi connectivity index (χ0) is 24.6. The minimum Gasteiger partial charge on any atom is -0.393 e. The Hall–Kier alpha value is -1.04. The molecule has 0 radical (unpaired) electrons. The molecule has 1 fully saturated rings. The predicted molar refractivity (Wildman–Crippen MR) is 134 cm³/mol. The first-order valence-corrected chi connectivity index (χ1v) is 14.6. The van der Waals surface area contributed by atoms with E-state index < -0.39 is 34.2 Å². The van der Waals surface area contributed by atoms with Crippen molar-refractivity contribution in [1.82, 2.24) is 4.72 Å². The van der Waals surface area contributed by atoms with Gasteiger partial charge in [-0.15, -0.1) is 11.3 Å². The number of rotatable bonds is 12. The molecule has 186 valence electrons. The summed E-state index contributed by atoms with van der Waals surface area (Å²) in [5.74, 6) is -0.909. The van der Waals surface area contributed by atoms with E-state index in [4.69, 9.17) is 0 Å². The molecule has 1 aliphatic carbocycles. The van der Waals surface area contributed by atoms with Crippen molar-refractivity contribution in [3.63, 3.8) is 0 Å². The van der Waals surface area contributed by atoms with Gasteiger partial charge in [-0.05, 0) is 72.5 Å². The van der Waals surface area contributed by atoms with Crippen molar-refractivity contribution in [2.24, 2.45) is 11.8 Å².